The average Bonchev–Trinajstić information content (AvgIpc) is 2.93. The van der Waals surface area contributed by atoms with Crippen molar-refractivity contribution in [1.82, 2.24) is 5.32 Å². The molecule has 0 aliphatic rings. The Morgan fingerprint density at radius 3 is 2.39 bits per heavy atom. The van der Waals surface area contributed by atoms with E-state index < -0.39 is 24.1 Å². The van der Waals surface area contributed by atoms with Gasteiger partial charge in [-0.15, -0.1) is 0 Å². The topological polar surface area (TPSA) is 62.5 Å². The lowest BCUT2D eigenvalue weighted by Gasteiger charge is -2.31. The molecule has 2 N–H and O–H groups in total. The van der Waals surface area contributed by atoms with E-state index in [2.05, 4.69) is 5.32 Å². The second-order valence-corrected chi connectivity index (χ2v) is 5.12. The molecule has 124 valence electrons. The summed E-state index contributed by atoms with van der Waals surface area (Å²) in [5, 5.41) is 12.5. The second-order valence-electron chi connectivity index (χ2n) is 5.12. The van der Waals surface area contributed by atoms with Crippen molar-refractivity contribution in [1.29, 1.82) is 0 Å². The van der Waals surface area contributed by atoms with Gasteiger partial charge in [-0.25, -0.2) is 0 Å². The largest absolute Gasteiger partial charge is 0.469 e. The summed E-state index contributed by atoms with van der Waals surface area (Å²) in [6.45, 7) is 1.24. The molecule has 1 atom stereocenters. The Kier molecular flexibility index (Phi) is 4.79. The lowest BCUT2D eigenvalue weighted by molar-refractivity contribution is -0.268. The predicted octanol–water partition coefficient (Wildman–Crippen LogP) is 3.16. The molecule has 2 aromatic rings. The highest BCUT2D eigenvalue weighted by atomic mass is 19.4. The molecule has 0 saturated carbocycles. The van der Waals surface area contributed by atoms with Crippen LogP contribution in [0.5, 0.6) is 0 Å². The van der Waals surface area contributed by atoms with Crippen molar-refractivity contribution in [3.05, 3.63) is 59.5 Å². The van der Waals surface area contributed by atoms with Gasteiger partial charge >= 0.3 is 6.18 Å². The van der Waals surface area contributed by atoms with E-state index in [0.717, 1.165) is 0 Å². The zero-order valence-corrected chi connectivity index (χ0v) is 12.4. The number of alkyl halides is 3. The maximum absolute atomic E-state index is 13.3. The Bertz CT molecular complexity index is 667. The molecule has 1 aromatic carbocycles. The fourth-order valence-electron chi connectivity index (χ4n) is 2.24. The first kappa shape index (κ1) is 17.1. The predicted molar refractivity (Wildman–Crippen MR) is 76.8 cm³/mol. The van der Waals surface area contributed by atoms with E-state index in [0.29, 0.717) is 5.76 Å². The van der Waals surface area contributed by atoms with E-state index in [4.69, 9.17) is 4.42 Å². The van der Waals surface area contributed by atoms with Gasteiger partial charge in [-0.1, -0.05) is 30.3 Å². The molecule has 4 nitrogen and oxygen atoms in total. The first-order valence-corrected chi connectivity index (χ1v) is 6.92. The second kappa shape index (κ2) is 6.45. The van der Waals surface area contributed by atoms with Crippen LogP contribution in [0.3, 0.4) is 0 Å². The molecule has 1 aromatic heterocycles. The van der Waals surface area contributed by atoms with E-state index in [9.17, 15) is 23.1 Å². The first-order valence-electron chi connectivity index (χ1n) is 6.92. The Labute approximate surface area is 130 Å². The molecule has 7 heteroatoms. The molecule has 0 aliphatic carbocycles. The highest BCUT2D eigenvalue weighted by Gasteiger charge is 2.54. The van der Waals surface area contributed by atoms with E-state index in [1.165, 1.54) is 36.6 Å². The number of furan rings is 1. The summed E-state index contributed by atoms with van der Waals surface area (Å²) >= 11 is 0. The van der Waals surface area contributed by atoms with Crippen LogP contribution in [0.2, 0.25) is 0 Å². The molecular formula is C16H16F3NO3. The van der Waals surface area contributed by atoms with Crippen LogP contribution < -0.4 is 5.32 Å². The number of carbonyl (C=O) groups excluding carboxylic acids is 1. The number of aliphatic hydroxyl groups is 1. The van der Waals surface area contributed by atoms with Crippen LogP contribution in [0.1, 0.15) is 28.1 Å². The molecule has 0 bridgehead atoms. The lowest BCUT2D eigenvalue weighted by Crippen LogP contribution is -2.45. The smallest absolute Gasteiger partial charge is 0.421 e. The number of carbonyl (C=O) groups is 1. The van der Waals surface area contributed by atoms with E-state index >= 15 is 0 Å². The summed E-state index contributed by atoms with van der Waals surface area (Å²) in [5.41, 5.74) is -3.03. The van der Waals surface area contributed by atoms with Gasteiger partial charge in [0, 0.05) is 13.0 Å². The molecule has 0 saturated heterocycles. The minimum Gasteiger partial charge on any atom is -0.469 e. The Morgan fingerprint density at radius 1 is 1.22 bits per heavy atom. The third-order valence-electron chi connectivity index (χ3n) is 3.60. The third-order valence-corrected chi connectivity index (χ3v) is 3.60. The molecule has 1 heterocycles. The van der Waals surface area contributed by atoms with E-state index in [1.54, 1.807) is 13.0 Å². The number of amides is 1. The SMILES string of the molecule is Cc1occc1C(=O)NCC[C@](O)(c1ccccc1)C(F)(F)F. The Morgan fingerprint density at radius 2 is 1.87 bits per heavy atom. The standard InChI is InChI=1S/C16H16F3NO3/c1-11-13(7-10-23-11)14(21)20-9-8-15(22,16(17,18)19)12-5-3-2-4-6-12/h2-7,10,22H,8-9H2,1H3,(H,20,21)/t15-/m0/s1. The fraction of sp³-hybridized carbons (Fsp3) is 0.312. The molecule has 1 amide bonds. The van der Waals surface area contributed by atoms with Gasteiger partial charge < -0.3 is 14.8 Å². The number of rotatable bonds is 5. The lowest BCUT2D eigenvalue weighted by atomic mass is 9.89. The van der Waals surface area contributed by atoms with Crippen LogP contribution in [0.15, 0.2) is 47.1 Å². The number of halogens is 3. The van der Waals surface area contributed by atoms with Crippen molar-refractivity contribution in [3.8, 4) is 0 Å². The Balaban J connectivity index is 2.09. The van der Waals surface area contributed by atoms with Crippen LogP contribution in [0.25, 0.3) is 0 Å². The summed E-state index contributed by atoms with van der Waals surface area (Å²) in [6.07, 6.45) is -4.23. The summed E-state index contributed by atoms with van der Waals surface area (Å²) < 4.78 is 44.8. The van der Waals surface area contributed by atoms with Gasteiger partial charge in [0.1, 0.15) is 5.76 Å². The normalized spacial score (nSPS) is 14.3. The van der Waals surface area contributed by atoms with Crippen molar-refractivity contribution in [2.24, 2.45) is 0 Å². The van der Waals surface area contributed by atoms with Crippen LogP contribution in [-0.4, -0.2) is 23.7 Å². The van der Waals surface area contributed by atoms with E-state index in [-0.39, 0.29) is 17.7 Å². The van der Waals surface area contributed by atoms with Crippen molar-refractivity contribution in [3.63, 3.8) is 0 Å². The molecule has 0 unspecified atom stereocenters. The number of benzene rings is 1. The van der Waals surface area contributed by atoms with Gasteiger partial charge in [-0.3, -0.25) is 4.79 Å². The average molecular weight is 327 g/mol. The van der Waals surface area contributed by atoms with Crippen molar-refractivity contribution in [2.45, 2.75) is 25.1 Å². The molecule has 0 fully saturated rings. The number of hydrogen-bond donors (Lipinski definition) is 2. The van der Waals surface area contributed by atoms with Crippen molar-refractivity contribution < 1.29 is 27.5 Å². The van der Waals surface area contributed by atoms with Crippen LogP contribution in [0, 0.1) is 6.92 Å². The maximum Gasteiger partial charge on any atom is 0.421 e. The summed E-state index contributed by atoms with van der Waals surface area (Å²) in [6, 6.07) is 8.23. The number of hydrogen-bond acceptors (Lipinski definition) is 3. The molecule has 23 heavy (non-hydrogen) atoms. The molecular weight excluding hydrogens is 311 g/mol. The van der Waals surface area contributed by atoms with Crippen molar-refractivity contribution >= 4 is 5.91 Å². The zero-order chi connectivity index (χ0) is 17.1. The van der Waals surface area contributed by atoms with Gasteiger partial charge in [-0.2, -0.15) is 13.2 Å². The minimum atomic E-state index is -4.86. The van der Waals surface area contributed by atoms with E-state index in [1.807, 2.05) is 0 Å². The summed E-state index contributed by atoms with van der Waals surface area (Å²) in [4.78, 5) is 11.9. The number of nitrogens with one attached hydrogen (secondary N) is 1. The summed E-state index contributed by atoms with van der Waals surface area (Å²) in [5.74, 6) is -0.175. The number of aryl methyl sites for hydroxylation is 1. The van der Waals surface area contributed by atoms with Gasteiger partial charge in [-0.05, 0) is 18.6 Å². The summed E-state index contributed by atoms with van der Waals surface area (Å²) in [7, 11) is 0. The quantitative estimate of drug-likeness (QED) is 0.887. The Hall–Kier alpha value is -2.28. The molecule has 2 rings (SSSR count). The monoisotopic (exact) mass is 327 g/mol. The molecule has 0 radical (unpaired) electrons. The zero-order valence-electron chi connectivity index (χ0n) is 12.4. The van der Waals surface area contributed by atoms with Crippen LogP contribution >= 0.6 is 0 Å². The molecule has 0 spiro atoms. The third kappa shape index (κ3) is 3.56. The van der Waals surface area contributed by atoms with Crippen molar-refractivity contribution in [2.75, 3.05) is 6.54 Å². The minimum absolute atomic E-state index is 0.250. The maximum atomic E-state index is 13.3. The first-order chi connectivity index (χ1) is 10.8. The fourth-order valence-corrected chi connectivity index (χ4v) is 2.24. The van der Waals surface area contributed by atoms with Gasteiger partial charge in [0.25, 0.3) is 5.91 Å². The van der Waals surface area contributed by atoms with Crippen LogP contribution in [-0.2, 0) is 5.60 Å². The highest BCUT2D eigenvalue weighted by Crippen LogP contribution is 2.41. The van der Waals surface area contributed by atoms with Gasteiger partial charge in [0.15, 0.2) is 5.60 Å². The van der Waals surface area contributed by atoms with Crippen LogP contribution in [0.4, 0.5) is 13.2 Å². The van der Waals surface area contributed by atoms with Gasteiger partial charge in [0.2, 0.25) is 0 Å². The van der Waals surface area contributed by atoms with Gasteiger partial charge in [0.05, 0.1) is 11.8 Å². The molecule has 0 aliphatic heterocycles. The highest BCUT2D eigenvalue weighted by molar-refractivity contribution is 5.94.